The topological polar surface area (TPSA) is 123 Å². The Hall–Kier alpha value is -1.51. The van der Waals surface area contributed by atoms with Gasteiger partial charge < -0.3 is 21.5 Å². The summed E-state index contributed by atoms with van der Waals surface area (Å²) in [4.78, 5) is 30.1. The average Bonchev–Trinajstić information content (AvgIpc) is 3.01. The predicted octanol–water partition coefficient (Wildman–Crippen LogP) is 0.00930. The molecule has 0 aromatic carbocycles. The van der Waals surface area contributed by atoms with Gasteiger partial charge in [-0.25, -0.2) is 4.98 Å². The summed E-state index contributed by atoms with van der Waals surface area (Å²) in [5.41, 5.74) is 11.8. The second-order valence-electron chi connectivity index (χ2n) is 5.84. The molecule has 2 rings (SSSR count). The van der Waals surface area contributed by atoms with E-state index in [0.29, 0.717) is 38.8 Å². The molecule has 2 amide bonds. The van der Waals surface area contributed by atoms with Gasteiger partial charge in [0.05, 0.1) is 10.7 Å². The van der Waals surface area contributed by atoms with Gasteiger partial charge >= 0.3 is 0 Å². The number of thiazole rings is 1. The Labute approximate surface area is 139 Å². The van der Waals surface area contributed by atoms with Crippen LogP contribution in [0.1, 0.15) is 36.4 Å². The maximum Gasteiger partial charge on any atom is 0.240 e. The van der Waals surface area contributed by atoms with E-state index in [1.807, 2.05) is 5.38 Å². The average molecular weight is 340 g/mol. The van der Waals surface area contributed by atoms with Crippen LogP contribution in [0.3, 0.4) is 0 Å². The maximum absolute atomic E-state index is 12.4. The molecule has 1 aliphatic heterocycles. The molecule has 1 saturated heterocycles. The second-order valence-corrected chi connectivity index (χ2v) is 6.79. The molecule has 0 bridgehead atoms. The highest BCUT2D eigenvalue weighted by atomic mass is 32.1. The molecule has 2 unspecified atom stereocenters. The lowest BCUT2D eigenvalue weighted by Crippen LogP contribution is -2.52. The highest BCUT2D eigenvalue weighted by Gasteiger charge is 2.34. The number of amides is 2. The molecule has 7 nitrogen and oxygen atoms in total. The molecule has 2 heterocycles. The first kappa shape index (κ1) is 17.8. The van der Waals surface area contributed by atoms with E-state index in [2.05, 4.69) is 4.98 Å². The van der Waals surface area contributed by atoms with E-state index in [-0.39, 0.29) is 18.4 Å². The van der Waals surface area contributed by atoms with Crippen molar-refractivity contribution in [2.24, 2.45) is 17.4 Å². The van der Waals surface area contributed by atoms with E-state index in [0.717, 1.165) is 17.1 Å². The van der Waals surface area contributed by atoms with Gasteiger partial charge in [0.2, 0.25) is 11.8 Å². The molecule has 23 heavy (non-hydrogen) atoms. The number of aryl methyl sites for hydroxylation is 1. The molecule has 0 saturated carbocycles. The van der Waals surface area contributed by atoms with E-state index < -0.39 is 11.9 Å². The highest BCUT2D eigenvalue weighted by molar-refractivity contribution is 7.09. The molecule has 0 radical (unpaired) electrons. The van der Waals surface area contributed by atoms with Gasteiger partial charge in [-0.15, -0.1) is 11.3 Å². The number of likely N-dealkylation sites (tertiary alicyclic amines) is 1. The Morgan fingerprint density at radius 2 is 2.26 bits per heavy atom. The van der Waals surface area contributed by atoms with Gasteiger partial charge in [-0.2, -0.15) is 0 Å². The maximum atomic E-state index is 12.4. The first-order valence-electron chi connectivity index (χ1n) is 7.88. The van der Waals surface area contributed by atoms with E-state index in [1.165, 1.54) is 11.3 Å². The normalized spacial score (nSPS) is 21.4. The zero-order valence-electron chi connectivity index (χ0n) is 13.1. The van der Waals surface area contributed by atoms with Gasteiger partial charge in [0.15, 0.2) is 0 Å². The summed E-state index contributed by atoms with van der Waals surface area (Å²) < 4.78 is 0. The summed E-state index contributed by atoms with van der Waals surface area (Å²) in [5, 5.41) is 11.8. The standard InChI is InChI=1S/C15H24N4O3S/c16-8-11-9-23-13(18-11)1-2-14(21)19-5-3-10(4-6-20)7-12(19)15(17)22/h9-10,12,20H,1-8,16H2,(H2,17,22). The summed E-state index contributed by atoms with van der Waals surface area (Å²) in [7, 11) is 0. The Balaban J connectivity index is 1.92. The highest BCUT2D eigenvalue weighted by Crippen LogP contribution is 2.26. The van der Waals surface area contributed by atoms with Crippen molar-refractivity contribution < 1.29 is 14.7 Å². The minimum absolute atomic E-state index is 0.0688. The number of rotatable bonds is 7. The molecule has 5 N–H and O–H groups in total. The van der Waals surface area contributed by atoms with Crippen LogP contribution in [-0.2, 0) is 22.6 Å². The largest absolute Gasteiger partial charge is 0.396 e. The van der Waals surface area contributed by atoms with Crippen molar-refractivity contribution >= 4 is 23.2 Å². The van der Waals surface area contributed by atoms with Crippen LogP contribution >= 0.6 is 11.3 Å². The van der Waals surface area contributed by atoms with Crippen LogP contribution in [0.4, 0.5) is 0 Å². The number of carbonyl (C=O) groups is 2. The van der Waals surface area contributed by atoms with Gasteiger partial charge in [-0.3, -0.25) is 9.59 Å². The number of aromatic nitrogens is 1. The molecule has 1 fully saturated rings. The van der Waals surface area contributed by atoms with Gasteiger partial charge in [0.1, 0.15) is 6.04 Å². The molecule has 1 aromatic rings. The van der Waals surface area contributed by atoms with Gasteiger partial charge in [-0.05, 0) is 25.2 Å². The fraction of sp³-hybridized carbons (Fsp3) is 0.667. The van der Waals surface area contributed by atoms with Crippen LogP contribution in [0.25, 0.3) is 0 Å². The first-order chi connectivity index (χ1) is 11.0. The van der Waals surface area contributed by atoms with E-state index >= 15 is 0 Å². The summed E-state index contributed by atoms with van der Waals surface area (Å²) in [6.45, 7) is 1.01. The summed E-state index contributed by atoms with van der Waals surface area (Å²) in [5.74, 6) is -0.297. The van der Waals surface area contributed by atoms with Crippen molar-refractivity contribution in [2.45, 2.75) is 44.7 Å². The van der Waals surface area contributed by atoms with Gasteiger partial charge in [0.25, 0.3) is 0 Å². The third kappa shape index (κ3) is 4.73. The van der Waals surface area contributed by atoms with Crippen molar-refractivity contribution in [1.29, 1.82) is 0 Å². The molecule has 0 spiro atoms. The van der Waals surface area contributed by atoms with Crippen molar-refractivity contribution in [3.05, 3.63) is 16.1 Å². The van der Waals surface area contributed by atoms with Crippen LogP contribution in [-0.4, -0.2) is 46.0 Å². The SMILES string of the molecule is NCc1csc(CCC(=O)N2CCC(CCO)CC2C(N)=O)n1. The van der Waals surface area contributed by atoms with E-state index in [1.54, 1.807) is 4.90 Å². The Kier molecular flexibility index (Phi) is 6.49. The molecule has 0 aliphatic carbocycles. The molecule has 8 heteroatoms. The van der Waals surface area contributed by atoms with Gasteiger partial charge in [-0.1, -0.05) is 0 Å². The van der Waals surface area contributed by atoms with Crippen molar-refractivity contribution in [3.63, 3.8) is 0 Å². The van der Waals surface area contributed by atoms with Crippen molar-refractivity contribution in [1.82, 2.24) is 9.88 Å². The number of piperidine rings is 1. The summed E-state index contributed by atoms with van der Waals surface area (Å²) in [6, 6.07) is -0.566. The molecule has 128 valence electrons. The lowest BCUT2D eigenvalue weighted by Gasteiger charge is -2.37. The van der Waals surface area contributed by atoms with Crippen LogP contribution in [0.15, 0.2) is 5.38 Å². The number of aliphatic hydroxyl groups excluding tert-OH is 1. The third-order valence-electron chi connectivity index (χ3n) is 4.26. The van der Waals surface area contributed by atoms with Crippen LogP contribution in [0.5, 0.6) is 0 Å². The van der Waals surface area contributed by atoms with Crippen LogP contribution in [0, 0.1) is 5.92 Å². The van der Waals surface area contributed by atoms with E-state index in [9.17, 15) is 9.59 Å². The smallest absolute Gasteiger partial charge is 0.240 e. The minimum Gasteiger partial charge on any atom is -0.396 e. The third-order valence-corrected chi connectivity index (χ3v) is 5.22. The summed E-state index contributed by atoms with van der Waals surface area (Å²) in [6.07, 6.45) is 2.84. The lowest BCUT2D eigenvalue weighted by molar-refractivity contribution is -0.142. The number of nitrogens with zero attached hydrogens (tertiary/aromatic N) is 2. The van der Waals surface area contributed by atoms with Crippen molar-refractivity contribution in [3.8, 4) is 0 Å². The zero-order valence-corrected chi connectivity index (χ0v) is 13.9. The second kappa shape index (κ2) is 8.37. The monoisotopic (exact) mass is 340 g/mol. The molecule has 1 aliphatic rings. The number of hydrogen-bond acceptors (Lipinski definition) is 6. The number of primary amides is 1. The zero-order chi connectivity index (χ0) is 16.8. The lowest BCUT2D eigenvalue weighted by atomic mass is 9.88. The van der Waals surface area contributed by atoms with Crippen LogP contribution in [0.2, 0.25) is 0 Å². The minimum atomic E-state index is -0.566. The number of nitrogens with two attached hydrogens (primary N) is 2. The quantitative estimate of drug-likeness (QED) is 0.645. The Bertz CT molecular complexity index is 549. The Morgan fingerprint density at radius 3 is 2.87 bits per heavy atom. The number of hydrogen-bond donors (Lipinski definition) is 3. The molecular formula is C15H24N4O3S. The van der Waals surface area contributed by atoms with Crippen LogP contribution < -0.4 is 11.5 Å². The fourth-order valence-electron chi connectivity index (χ4n) is 2.97. The van der Waals surface area contributed by atoms with Gasteiger partial charge in [0, 0.05) is 37.9 Å². The van der Waals surface area contributed by atoms with Crippen molar-refractivity contribution in [2.75, 3.05) is 13.2 Å². The first-order valence-corrected chi connectivity index (χ1v) is 8.76. The summed E-state index contributed by atoms with van der Waals surface area (Å²) >= 11 is 1.50. The predicted molar refractivity (Wildman–Crippen MR) is 87.4 cm³/mol. The number of aliphatic hydroxyl groups is 1. The fourth-order valence-corrected chi connectivity index (χ4v) is 3.78. The Morgan fingerprint density at radius 1 is 1.48 bits per heavy atom. The van der Waals surface area contributed by atoms with E-state index in [4.69, 9.17) is 16.6 Å². The molecular weight excluding hydrogens is 316 g/mol. The molecule has 1 aromatic heterocycles. The molecule has 2 atom stereocenters. The number of carbonyl (C=O) groups excluding carboxylic acids is 2.